The van der Waals surface area contributed by atoms with Crippen LogP contribution in [0.15, 0.2) is 0 Å². The van der Waals surface area contributed by atoms with E-state index in [9.17, 15) is 0 Å². The van der Waals surface area contributed by atoms with Gasteiger partial charge in [0.25, 0.3) is 0 Å². The standard InChI is InChI=1S/C15H28N2/c1-2-14-10-16-15(13-6-7-13)11-17(14)9-8-12-4-3-5-12/h12-16H,2-11H2,1H3. The van der Waals surface area contributed by atoms with Crippen molar-refractivity contribution in [3.05, 3.63) is 0 Å². The third-order valence-electron chi connectivity index (χ3n) is 5.27. The molecule has 3 aliphatic rings. The van der Waals surface area contributed by atoms with Gasteiger partial charge in [0.05, 0.1) is 0 Å². The molecule has 98 valence electrons. The lowest BCUT2D eigenvalue weighted by Crippen LogP contribution is -2.57. The van der Waals surface area contributed by atoms with Crippen molar-refractivity contribution in [1.82, 2.24) is 10.2 Å². The van der Waals surface area contributed by atoms with Crippen LogP contribution in [0, 0.1) is 11.8 Å². The molecule has 2 nitrogen and oxygen atoms in total. The van der Waals surface area contributed by atoms with Crippen LogP contribution in [0.2, 0.25) is 0 Å². The van der Waals surface area contributed by atoms with Gasteiger partial charge in [0.15, 0.2) is 0 Å². The van der Waals surface area contributed by atoms with E-state index in [2.05, 4.69) is 17.1 Å². The van der Waals surface area contributed by atoms with Gasteiger partial charge >= 0.3 is 0 Å². The number of nitrogens with one attached hydrogen (secondary N) is 1. The predicted octanol–water partition coefficient (Wildman–Crippen LogP) is 2.64. The van der Waals surface area contributed by atoms with Gasteiger partial charge in [-0.3, -0.25) is 4.90 Å². The van der Waals surface area contributed by atoms with E-state index < -0.39 is 0 Å². The molecule has 2 unspecified atom stereocenters. The average molecular weight is 236 g/mol. The Balaban J connectivity index is 1.49. The molecule has 1 aliphatic heterocycles. The highest BCUT2D eigenvalue weighted by atomic mass is 15.2. The molecule has 2 atom stereocenters. The van der Waals surface area contributed by atoms with E-state index in [1.54, 1.807) is 0 Å². The first-order valence-electron chi connectivity index (χ1n) is 7.84. The molecule has 0 radical (unpaired) electrons. The van der Waals surface area contributed by atoms with Crippen LogP contribution >= 0.6 is 0 Å². The van der Waals surface area contributed by atoms with Crippen LogP contribution in [-0.2, 0) is 0 Å². The maximum Gasteiger partial charge on any atom is 0.0224 e. The van der Waals surface area contributed by atoms with Gasteiger partial charge in [0, 0.05) is 25.2 Å². The van der Waals surface area contributed by atoms with Gasteiger partial charge in [-0.05, 0) is 44.1 Å². The molecule has 0 bridgehead atoms. The molecule has 0 spiro atoms. The van der Waals surface area contributed by atoms with Crippen molar-refractivity contribution in [3.8, 4) is 0 Å². The minimum atomic E-state index is 0.810. The van der Waals surface area contributed by atoms with Gasteiger partial charge in [-0.2, -0.15) is 0 Å². The number of piperazine rings is 1. The molecule has 0 amide bonds. The Kier molecular flexibility index (Phi) is 3.72. The van der Waals surface area contributed by atoms with Gasteiger partial charge in [0.2, 0.25) is 0 Å². The molecule has 0 aromatic carbocycles. The highest BCUT2D eigenvalue weighted by molar-refractivity contribution is 4.94. The molecule has 2 heteroatoms. The zero-order valence-corrected chi connectivity index (χ0v) is 11.3. The molecule has 0 aromatic heterocycles. The lowest BCUT2D eigenvalue weighted by Gasteiger charge is -2.41. The van der Waals surface area contributed by atoms with E-state index in [0.717, 1.165) is 23.9 Å². The smallest absolute Gasteiger partial charge is 0.0224 e. The Morgan fingerprint density at radius 2 is 2.00 bits per heavy atom. The number of nitrogens with zero attached hydrogens (tertiary/aromatic N) is 1. The SMILES string of the molecule is CCC1CNC(C2CC2)CN1CCC1CCC1. The fraction of sp³-hybridized carbons (Fsp3) is 1.00. The van der Waals surface area contributed by atoms with E-state index in [1.165, 1.54) is 64.6 Å². The molecular formula is C15H28N2. The van der Waals surface area contributed by atoms with Crippen molar-refractivity contribution in [2.24, 2.45) is 11.8 Å². The third-order valence-corrected chi connectivity index (χ3v) is 5.27. The monoisotopic (exact) mass is 236 g/mol. The molecular weight excluding hydrogens is 208 g/mol. The van der Waals surface area contributed by atoms with Gasteiger partial charge in [0.1, 0.15) is 0 Å². The Hall–Kier alpha value is -0.0800. The maximum absolute atomic E-state index is 3.79. The maximum atomic E-state index is 3.79. The predicted molar refractivity (Wildman–Crippen MR) is 72.1 cm³/mol. The van der Waals surface area contributed by atoms with E-state index in [4.69, 9.17) is 0 Å². The van der Waals surface area contributed by atoms with Crippen LogP contribution in [0.5, 0.6) is 0 Å². The van der Waals surface area contributed by atoms with Crippen molar-refractivity contribution in [2.45, 2.75) is 64.0 Å². The first-order chi connectivity index (χ1) is 8.36. The molecule has 1 saturated heterocycles. The van der Waals surface area contributed by atoms with Crippen molar-refractivity contribution < 1.29 is 0 Å². The Bertz CT molecular complexity index is 245. The summed E-state index contributed by atoms with van der Waals surface area (Å²) < 4.78 is 0. The Morgan fingerprint density at radius 1 is 1.18 bits per heavy atom. The summed E-state index contributed by atoms with van der Waals surface area (Å²) in [4.78, 5) is 2.80. The molecule has 1 heterocycles. The van der Waals surface area contributed by atoms with Crippen LogP contribution in [0.3, 0.4) is 0 Å². The fourth-order valence-electron chi connectivity index (χ4n) is 3.50. The summed E-state index contributed by atoms with van der Waals surface area (Å²) in [6.07, 6.45) is 10.2. The van der Waals surface area contributed by atoms with Crippen LogP contribution in [0.25, 0.3) is 0 Å². The molecule has 2 saturated carbocycles. The van der Waals surface area contributed by atoms with Gasteiger partial charge < -0.3 is 5.32 Å². The van der Waals surface area contributed by atoms with Crippen molar-refractivity contribution in [2.75, 3.05) is 19.6 Å². The minimum Gasteiger partial charge on any atom is -0.311 e. The van der Waals surface area contributed by atoms with Gasteiger partial charge in [-0.15, -0.1) is 0 Å². The third kappa shape index (κ3) is 2.85. The lowest BCUT2D eigenvalue weighted by molar-refractivity contribution is 0.104. The number of hydrogen-bond donors (Lipinski definition) is 1. The second-order valence-corrected chi connectivity index (χ2v) is 6.49. The Labute approximate surface area is 106 Å². The van der Waals surface area contributed by atoms with E-state index in [-0.39, 0.29) is 0 Å². The quantitative estimate of drug-likeness (QED) is 0.789. The second-order valence-electron chi connectivity index (χ2n) is 6.49. The van der Waals surface area contributed by atoms with Crippen molar-refractivity contribution in [3.63, 3.8) is 0 Å². The molecule has 3 rings (SSSR count). The average Bonchev–Trinajstić information content (AvgIpc) is 3.10. The second kappa shape index (κ2) is 5.27. The van der Waals surface area contributed by atoms with E-state index >= 15 is 0 Å². The summed E-state index contributed by atoms with van der Waals surface area (Å²) in [5.41, 5.74) is 0. The van der Waals surface area contributed by atoms with Crippen LogP contribution in [0.4, 0.5) is 0 Å². The zero-order chi connectivity index (χ0) is 11.7. The molecule has 0 aromatic rings. The van der Waals surface area contributed by atoms with Crippen molar-refractivity contribution in [1.29, 1.82) is 0 Å². The first-order valence-corrected chi connectivity index (χ1v) is 7.84. The summed E-state index contributed by atoms with van der Waals surface area (Å²) in [6.45, 7) is 6.28. The van der Waals surface area contributed by atoms with E-state index in [1.807, 2.05) is 0 Å². The largest absolute Gasteiger partial charge is 0.311 e. The molecule has 1 N–H and O–H groups in total. The van der Waals surface area contributed by atoms with Crippen LogP contribution in [-0.4, -0.2) is 36.6 Å². The number of rotatable bonds is 5. The molecule has 2 aliphatic carbocycles. The summed E-state index contributed by atoms with van der Waals surface area (Å²) in [5.74, 6) is 2.08. The topological polar surface area (TPSA) is 15.3 Å². The Morgan fingerprint density at radius 3 is 2.59 bits per heavy atom. The summed E-state index contributed by atoms with van der Waals surface area (Å²) in [7, 11) is 0. The summed E-state index contributed by atoms with van der Waals surface area (Å²) >= 11 is 0. The number of hydrogen-bond acceptors (Lipinski definition) is 2. The van der Waals surface area contributed by atoms with Crippen LogP contribution < -0.4 is 5.32 Å². The highest BCUT2D eigenvalue weighted by Gasteiger charge is 2.36. The van der Waals surface area contributed by atoms with E-state index in [0.29, 0.717) is 0 Å². The molecule has 3 fully saturated rings. The fourth-order valence-corrected chi connectivity index (χ4v) is 3.50. The van der Waals surface area contributed by atoms with Gasteiger partial charge in [-0.25, -0.2) is 0 Å². The summed E-state index contributed by atoms with van der Waals surface area (Å²) in [5, 5.41) is 3.79. The van der Waals surface area contributed by atoms with Crippen molar-refractivity contribution >= 4 is 0 Å². The summed E-state index contributed by atoms with van der Waals surface area (Å²) in [6, 6.07) is 1.63. The van der Waals surface area contributed by atoms with Gasteiger partial charge in [-0.1, -0.05) is 26.2 Å². The van der Waals surface area contributed by atoms with Crippen LogP contribution in [0.1, 0.15) is 51.9 Å². The minimum absolute atomic E-state index is 0.810. The molecule has 17 heavy (non-hydrogen) atoms. The lowest BCUT2D eigenvalue weighted by atomic mass is 9.82. The normalized spacial score (nSPS) is 35.8. The first kappa shape index (κ1) is 12.0. The zero-order valence-electron chi connectivity index (χ0n) is 11.3. The highest BCUT2D eigenvalue weighted by Crippen LogP contribution is 2.35.